The van der Waals surface area contributed by atoms with E-state index < -0.39 is 11.9 Å². The number of nitrogens with zero attached hydrogens (tertiary/aromatic N) is 3. The number of para-hydroxylation sites is 2. The average molecular weight is 500 g/mol. The van der Waals surface area contributed by atoms with Crippen LogP contribution in [0.4, 0.5) is 16.5 Å². The van der Waals surface area contributed by atoms with Gasteiger partial charge in [0.25, 0.3) is 0 Å². The molecule has 1 fully saturated rings. The van der Waals surface area contributed by atoms with E-state index in [1.165, 1.54) is 30.3 Å². The number of thiazole rings is 1. The number of anilines is 3. The predicted molar refractivity (Wildman–Crippen MR) is 130 cm³/mol. The number of aromatic nitrogens is 1. The summed E-state index contributed by atoms with van der Waals surface area (Å²) in [5.41, 5.74) is 1.73. The number of hydrogen-bond donors (Lipinski definition) is 0. The Labute approximate surface area is 205 Å². The molecule has 10 heteroatoms. The molecule has 2 amide bonds. The molecule has 0 unspecified atom stereocenters. The zero-order chi connectivity index (χ0) is 24.2. The van der Waals surface area contributed by atoms with E-state index in [1.807, 2.05) is 12.1 Å². The summed E-state index contributed by atoms with van der Waals surface area (Å²) >= 11 is 7.32. The molecule has 0 N–H and O–H groups in total. The largest absolute Gasteiger partial charge is 0.495 e. The van der Waals surface area contributed by atoms with E-state index in [0.29, 0.717) is 33.0 Å². The van der Waals surface area contributed by atoms with Crippen molar-refractivity contribution >= 4 is 57.2 Å². The van der Waals surface area contributed by atoms with Crippen molar-refractivity contribution in [2.24, 2.45) is 5.92 Å². The van der Waals surface area contributed by atoms with Gasteiger partial charge in [-0.3, -0.25) is 19.3 Å². The first-order valence-electron chi connectivity index (χ1n) is 10.5. The lowest BCUT2D eigenvalue weighted by Crippen LogP contribution is -2.26. The summed E-state index contributed by atoms with van der Waals surface area (Å²) in [6, 6.07) is 14.1. The van der Waals surface area contributed by atoms with Gasteiger partial charge in [-0.25, -0.2) is 4.98 Å². The highest BCUT2D eigenvalue weighted by molar-refractivity contribution is 7.14. The highest BCUT2D eigenvalue weighted by Gasteiger charge is 2.37. The van der Waals surface area contributed by atoms with Gasteiger partial charge in [-0.15, -0.1) is 11.3 Å². The van der Waals surface area contributed by atoms with E-state index in [1.54, 1.807) is 46.7 Å². The molecule has 2 heterocycles. The lowest BCUT2D eigenvalue weighted by atomic mass is 10.1. The number of carbonyl (C=O) groups is 3. The van der Waals surface area contributed by atoms with Gasteiger partial charge in [-0.05, 0) is 30.3 Å². The van der Waals surface area contributed by atoms with Crippen molar-refractivity contribution in [2.75, 3.05) is 23.5 Å². The van der Waals surface area contributed by atoms with Crippen LogP contribution in [0.2, 0.25) is 5.02 Å². The van der Waals surface area contributed by atoms with E-state index in [0.717, 1.165) is 0 Å². The van der Waals surface area contributed by atoms with Crippen LogP contribution in [0.3, 0.4) is 0 Å². The zero-order valence-electron chi connectivity index (χ0n) is 18.6. The fraction of sp³-hybridized carbons (Fsp3) is 0.250. The van der Waals surface area contributed by atoms with Gasteiger partial charge in [0.15, 0.2) is 5.13 Å². The van der Waals surface area contributed by atoms with Crippen LogP contribution in [0.15, 0.2) is 53.9 Å². The summed E-state index contributed by atoms with van der Waals surface area (Å²) in [6.45, 7) is 1.59. The fourth-order valence-electron chi connectivity index (χ4n) is 3.72. The molecule has 1 aliphatic heterocycles. The summed E-state index contributed by atoms with van der Waals surface area (Å²) in [5, 5.41) is 2.67. The first-order chi connectivity index (χ1) is 16.4. The Morgan fingerprint density at radius 2 is 2.03 bits per heavy atom. The average Bonchev–Trinajstić information content (AvgIpc) is 3.44. The highest BCUT2D eigenvalue weighted by Crippen LogP contribution is 2.34. The Hall–Kier alpha value is -3.43. The molecule has 8 nitrogen and oxygen atoms in total. The molecule has 34 heavy (non-hydrogen) atoms. The molecule has 1 atom stereocenters. The third-order valence-electron chi connectivity index (χ3n) is 5.31. The van der Waals surface area contributed by atoms with E-state index in [4.69, 9.17) is 21.1 Å². The van der Waals surface area contributed by atoms with Gasteiger partial charge < -0.3 is 14.4 Å². The smallest absolute Gasteiger partial charge is 0.311 e. The van der Waals surface area contributed by atoms with E-state index in [-0.39, 0.29) is 31.4 Å². The minimum absolute atomic E-state index is 0.0596. The predicted octanol–water partition coefficient (Wildman–Crippen LogP) is 4.59. The molecule has 3 aromatic rings. The van der Waals surface area contributed by atoms with Crippen molar-refractivity contribution in [1.82, 2.24) is 4.98 Å². The summed E-state index contributed by atoms with van der Waals surface area (Å²) in [6.07, 6.45) is 0.0616. The Balaban J connectivity index is 1.40. The monoisotopic (exact) mass is 499 g/mol. The molecule has 176 valence electrons. The standard InChI is InChI=1S/C24H22ClN3O5S/c1-15(29)28(19-7-5-6-17(25)11-19)24-26-18(14-34-24)13-33-23(31)16-10-22(30)27(12-16)20-8-3-4-9-21(20)32-2/h3-9,11,14,16H,10,12-13H2,1-2H3/t16-/m0/s1. The number of hydrogen-bond acceptors (Lipinski definition) is 7. The summed E-state index contributed by atoms with van der Waals surface area (Å²) < 4.78 is 10.8. The molecule has 0 bridgehead atoms. The van der Waals surface area contributed by atoms with Crippen molar-refractivity contribution in [1.29, 1.82) is 0 Å². The number of carbonyl (C=O) groups excluding carboxylic acids is 3. The topological polar surface area (TPSA) is 89.0 Å². The van der Waals surface area contributed by atoms with Gasteiger partial charge in [0.05, 0.1) is 30.1 Å². The van der Waals surface area contributed by atoms with Gasteiger partial charge in [-0.1, -0.05) is 29.8 Å². The van der Waals surface area contributed by atoms with Crippen molar-refractivity contribution < 1.29 is 23.9 Å². The van der Waals surface area contributed by atoms with E-state index in [9.17, 15) is 14.4 Å². The Kier molecular flexibility index (Phi) is 7.14. The highest BCUT2D eigenvalue weighted by atomic mass is 35.5. The van der Waals surface area contributed by atoms with Crippen molar-refractivity contribution in [3.63, 3.8) is 0 Å². The lowest BCUT2D eigenvalue weighted by Gasteiger charge is -2.19. The first kappa shape index (κ1) is 23.7. The number of amides is 2. The molecule has 0 aliphatic carbocycles. The van der Waals surface area contributed by atoms with Crippen LogP contribution < -0.4 is 14.5 Å². The van der Waals surface area contributed by atoms with E-state index >= 15 is 0 Å². The second-order valence-corrected chi connectivity index (χ2v) is 8.91. The molecule has 0 saturated carbocycles. The molecule has 2 aromatic carbocycles. The van der Waals surface area contributed by atoms with Crippen LogP contribution in [-0.2, 0) is 25.7 Å². The fourth-order valence-corrected chi connectivity index (χ4v) is 4.78. The molecule has 4 rings (SSSR count). The van der Waals surface area contributed by atoms with Crippen molar-refractivity contribution in [2.45, 2.75) is 20.0 Å². The molecule has 0 radical (unpaired) electrons. The van der Waals surface area contributed by atoms with Crippen LogP contribution in [0.5, 0.6) is 5.75 Å². The number of rotatable bonds is 7. The van der Waals surface area contributed by atoms with Gasteiger partial charge in [-0.2, -0.15) is 0 Å². The van der Waals surface area contributed by atoms with Crippen LogP contribution in [0.1, 0.15) is 19.0 Å². The molecule has 1 aliphatic rings. The minimum atomic E-state index is -0.587. The van der Waals surface area contributed by atoms with Gasteiger partial charge in [0.2, 0.25) is 11.8 Å². The van der Waals surface area contributed by atoms with Crippen LogP contribution in [0, 0.1) is 5.92 Å². The quantitative estimate of drug-likeness (QED) is 0.442. The second-order valence-electron chi connectivity index (χ2n) is 7.64. The van der Waals surface area contributed by atoms with E-state index in [2.05, 4.69) is 4.98 Å². The first-order valence-corrected chi connectivity index (χ1v) is 11.7. The number of benzene rings is 2. The zero-order valence-corrected chi connectivity index (χ0v) is 20.1. The second kappa shape index (κ2) is 10.2. The van der Waals surface area contributed by atoms with Gasteiger partial charge in [0.1, 0.15) is 12.4 Å². The molecule has 1 aromatic heterocycles. The molecule has 0 spiro atoms. The summed E-state index contributed by atoms with van der Waals surface area (Å²) in [4.78, 5) is 44.9. The van der Waals surface area contributed by atoms with Gasteiger partial charge in [0, 0.05) is 30.3 Å². The van der Waals surface area contributed by atoms with Crippen molar-refractivity contribution in [3.8, 4) is 5.75 Å². The molecule has 1 saturated heterocycles. The number of methoxy groups -OCH3 is 1. The SMILES string of the molecule is COc1ccccc1N1C[C@@H](C(=O)OCc2csc(N(C(C)=O)c3cccc(Cl)c3)n2)CC1=O. The number of ether oxygens (including phenoxy) is 2. The maximum atomic E-state index is 12.7. The lowest BCUT2D eigenvalue weighted by molar-refractivity contribution is -0.149. The summed E-state index contributed by atoms with van der Waals surface area (Å²) in [5.74, 6) is -0.883. The molecular weight excluding hydrogens is 478 g/mol. The maximum Gasteiger partial charge on any atom is 0.311 e. The Bertz CT molecular complexity index is 1230. The minimum Gasteiger partial charge on any atom is -0.495 e. The third-order valence-corrected chi connectivity index (χ3v) is 6.42. The maximum absolute atomic E-state index is 12.7. The van der Waals surface area contributed by atoms with Crippen LogP contribution in [0.25, 0.3) is 0 Å². The molecular formula is C24H22ClN3O5S. The Morgan fingerprint density at radius 1 is 1.24 bits per heavy atom. The number of halogens is 1. The third kappa shape index (κ3) is 5.05. The van der Waals surface area contributed by atoms with Crippen LogP contribution >= 0.6 is 22.9 Å². The van der Waals surface area contributed by atoms with Crippen molar-refractivity contribution in [3.05, 3.63) is 64.6 Å². The number of esters is 1. The Morgan fingerprint density at radius 3 is 2.76 bits per heavy atom. The summed E-state index contributed by atoms with van der Waals surface area (Å²) in [7, 11) is 1.53. The normalized spacial score (nSPS) is 15.3. The van der Waals surface area contributed by atoms with Gasteiger partial charge >= 0.3 is 5.97 Å². The van der Waals surface area contributed by atoms with Crippen LogP contribution in [-0.4, -0.2) is 36.4 Å².